The number of rotatable bonds is 8. The fraction of sp³-hybridized carbons (Fsp3) is 0.200. The van der Waals surface area contributed by atoms with Gasteiger partial charge in [-0.3, -0.25) is 10.2 Å². The van der Waals surface area contributed by atoms with Crippen LogP contribution in [0.4, 0.5) is 4.79 Å². The molecule has 1 heterocycles. The molecule has 1 fully saturated rings. The monoisotopic (exact) mass is 432 g/mol. The molecule has 1 unspecified atom stereocenters. The molecule has 0 aromatic heterocycles. The summed E-state index contributed by atoms with van der Waals surface area (Å²) in [5.74, 6) is 0.772. The Morgan fingerprint density at radius 2 is 1.50 bits per heavy atom. The van der Waals surface area contributed by atoms with Crippen LogP contribution < -0.4 is 9.47 Å². The Labute approximate surface area is 186 Å². The number of hydroxylamine groups is 2. The van der Waals surface area contributed by atoms with Crippen LogP contribution in [0.1, 0.15) is 22.6 Å². The summed E-state index contributed by atoms with van der Waals surface area (Å²) in [6.07, 6.45) is -1.52. The number of amides is 1. The van der Waals surface area contributed by atoms with Gasteiger partial charge in [0.05, 0.1) is 20.1 Å². The maximum absolute atomic E-state index is 12.6. The fourth-order valence-corrected chi connectivity index (χ4v) is 3.75. The van der Waals surface area contributed by atoms with E-state index in [9.17, 15) is 4.79 Å². The summed E-state index contributed by atoms with van der Waals surface area (Å²) in [5, 5.41) is 9.56. The first kappa shape index (κ1) is 21.4. The van der Waals surface area contributed by atoms with Gasteiger partial charge in [-0.25, -0.2) is 4.79 Å². The minimum Gasteiger partial charge on any atom is -0.493 e. The third-order valence-electron chi connectivity index (χ3n) is 5.31. The summed E-state index contributed by atoms with van der Waals surface area (Å²) in [6.45, 7) is 0.0614. The lowest BCUT2D eigenvalue weighted by atomic mass is 9.86. The molecule has 0 bridgehead atoms. The van der Waals surface area contributed by atoms with Crippen LogP contribution in [0, 0.1) is 5.41 Å². The van der Waals surface area contributed by atoms with E-state index >= 15 is 0 Å². The molecule has 3 aromatic rings. The second kappa shape index (κ2) is 9.53. The Morgan fingerprint density at radius 1 is 0.906 bits per heavy atom. The van der Waals surface area contributed by atoms with E-state index in [4.69, 9.17) is 24.5 Å². The summed E-state index contributed by atoms with van der Waals surface area (Å²) in [4.78, 5) is 18.3. The predicted octanol–water partition coefficient (Wildman–Crippen LogP) is 4.77. The molecular weight excluding hydrogens is 408 g/mol. The number of benzene rings is 3. The Morgan fingerprint density at radius 3 is 2.06 bits per heavy atom. The summed E-state index contributed by atoms with van der Waals surface area (Å²) < 4.78 is 16.2. The Kier molecular flexibility index (Phi) is 6.37. The first-order valence-corrected chi connectivity index (χ1v) is 10.1. The highest BCUT2D eigenvalue weighted by Crippen LogP contribution is 2.34. The van der Waals surface area contributed by atoms with Crippen molar-refractivity contribution in [1.29, 1.82) is 5.41 Å². The third kappa shape index (κ3) is 4.29. The first-order valence-electron chi connectivity index (χ1n) is 10.1. The summed E-state index contributed by atoms with van der Waals surface area (Å²) in [5.41, 5.74) is 2.65. The molecule has 1 aliphatic heterocycles. The van der Waals surface area contributed by atoms with Gasteiger partial charge >= 0.3 is 6.09 Å². The van der Waals surface area contributed by atoms with Crippen LogP contribution in [0.5, 0.6) is 11.5 Å². The van der Waals surface area contributed by atoms with Gasteiger partial charge in [0.15, 0.2) is 23.4 Å². The van der Waals surface area contributed by atoms with Gasteiger partial charge in [0.25, 0.3) is 0 Å². The van der Waals surface area contributed by atoms with Crippen LogP contribution >= 0.6 is 0 Å². The van der Waals surface area contributed by atoms with Gasteiger partial charge < -0.3 is 14.2 Å². The van der Waals surface area contributed by atoms with Crippen molar-refractivity contribution < 1.29 is 23.8 Å². The van der Waals surface area contributed by atoms with E-state index in [1.165, 1.54) is 0 Å². The minimum atomic E-state index is -0.808. The van der Waals surface area contributed by atoms with Gasteiger partial charge in [-0.05, 0) is 28.8 Å². The van der Waals surface area contributed by atoms with E-state index < -0.39 is 12.2 Å². The summed E-state index contributed by atoms with van der Waals surface area (Å²) in [7, 11) is 3.11. The van der Waals surface area contributed by atoms with E-state index in [0.29, 0.717) is 11.5 Å². The Balaban J connectivity index is 1.55. The smallest absolute Gasteiger partial charge is 0.440 e. The average Bonchev–Trinajstić information content (AvgIpc) is 3.11. The first-order chi connectivity index (χ1) is 15.6. The zero-order valence-corrected chi connectivity index (χ0v) is 17.9. The molecule has 0 saturated carbocycles. The van der Waals surface area contributed by atoms with Gasteiger partial charge in [-0.15, -0.1) is 5.06 Å². The molecule has 4 rings (SSSR count). The molecule has 0 aliphatic carbocycles. The second-order valence-corrected chi connectivity index (χ2v) is 7.25. The van der Waals surface area contributed by atoms with Crippen molar-refractivity contribution in [1.82, 2.24) is 5.06 Å². The molecule has 1 saturated heterocycles. The SMILES string of the molecule is COc1ccc(CON2C(=N)C(C(c3ccccc3)c3ccccc3)OC2=O)cc1OC. The number of methoxy groups -OCH3 is 2. The van der Waals surface area contributed by atoms with Gasteiger partial charge in [0.1, 0.15) is 6.61 Å². The second-order valence-electron chi connectivity index (χ2n) is 7.25. The van der Waals surface area contributed by atoms with Crippen molar-refractivity contribution in [3.05, 3.63) is 95.6 Å². The molecule has 3 aromatic carbocycles. The third-order valence-corrected chi connectivity index (χ3v) is 5.31. The largest absolute Gasteiger partial charge is 0.493 e. The van der Waals surface area contributed by atoms with Crippen LogP contribution in [-0.2, 0) is 16.2 Å². The van der Waals surface area contributed by atoms with Crippen molar-refractivity contribution in [3.63, 3.8) is 0 Å². The molecule has 7 heteroatoms. The lowest BCUT2D eigenvalue weighted by Crippen LogP contribution is -2.33. The Bertz CT molecular complexity index is 1050. The normalized spacial score (nSPS) is 15.7. The highest BCUT2D eigenvalue weighted by atomic mass is 16.7. The fourth-order valence-electron chi connectivity index (χ4n) is 3.75. The number of carbonyl (C=O) groups is 1. The van der Waals surface area contributed by atoms with Gasteiger partial charge in [-0.1, -0.05) is 66.7 Å². The number of cyclic esters (lactones) is 1. The van der Waals surface area contributed by atoms with Crippen LogP contribution in [0.3, 0.4) is 0 Å². The Hall–Kier alpha value is -3.84. The molecule has 1 aliphatic rings. The maximum atomic E-state index is 12.6. The molecule has 1 N–H and O–H groups in total. The van der Waals surface area contributed by atoms with Crippen LogP contribution in [0.2, 0.25) is 0 Å². The highest BCUT2D eigenvalue weighted by molar-refractivity contribution is 6.01. The number of carbonyl (C=O) groups excluding carboxylic acids is 1. The lowest BCUT2D eigenvalue weighted by molar-refractivity contribution is -0.0782. The molecule has 0 radical (unpaired) electrons. The quantitative estimate of drug-likeness (QED) is 0.555. The summed E-state index contributed by atoms with van der Waals surface area (Å²) >= 11 is 0. The molecule has 0 spiro atoms. The number of nitrogens with zero attached hydrogens (tertiary/aromatic N) is 1. The molecule has 7 nitrogen and oxygen atoms in total. The zero-order valence-electron chi connectivity index (χ0n) is 17.9. The van der Waals surface area contributed by atoms with E-state index in [1.54, 1.807) is 32.4 Å². The van der Waals surface area contributed by atoms with Crippen molar-refractivity contribution in [3.8, 4) is 11.5 Å². The average molecular weight is 432 g/mol. The maximum Gasteiger partial charge on any atom is 0.440 e. The predicted molar refractivity (Wildman–Crippen MR) is 119 cm³/mol. The van der Waals surface area contributed by atoms with E-state index in [1.807, 2.05) is 60.7 Å². The molecule has 164 valence electrons. The van der Waals surface area contributed by atoms with Crippen LogP contribution in [0.25, 0.3) is 0 Å². The van der Waals surface area contributed by atoms with Crippen molar-refractivity contribution >= 4 is 11.9 Å². The summed E-state index contributed by atoms with van der Waals surface area (Å²) in [6, 6.07) is 24.7. The van der Waals surface area contributed by atoms with Crippen LogP contribution in [0.15, 0.2) is 78.9 Å². The van der Waals surface area contributed by atoms with Crippen molar-refractivity contribution in [2.75, 3.05) is 14.2 Å². The van der Waals surface area contributed by atoms with Gasteiger partial charge in [0.2, 0.25) is 0 Å². The van der Waals surface area contributed by atoms with E-state index in [2.05, 4.69) is 0 Å². The van der Waals surface area contributed by atoms with Crippen LogP contribution in [-0.4, -0.2) is 37.3 Å². The van der Waals surface area contributed by atoms with Gasteiger partial charge in [-0.2, -0.15) is 0 Å². The molecule has 32 heavy (non-hydrogen) atoms. The minimum absolute atomic E-state index is 0.0480. The number of nitrogens with one attached hydrogen (secondary N) is 1. The lowest BCUT2D eigenvalue weighted by Gasteiger charge is -2.23. The number of hydrogen-bond donors (Lipinski definition) is 1. The molecule has 1 atom stereocenters. The van der Waals surface area contributed by atoms with E-state index in [-0.39, 0.29) is 18.4 Å². The van der Waals surface area contributed by atoms with Crippen molar-refractivity contribution in [2.45, 2.75) is 18.6 Å². The number of hydrogen-bond acceptors (Lipinski definition) is 6. The topological polar surface area (TPSA) is 81.1 Å². The number of ether oxygens (including phenoxy) is 3. The molecule has 1 amide bonds. The molecular formula is C25H24N2O5. The number of amidine groups is 1. The van der Waals surface area contributed by atoms with Crippen molar-refractivity contribution in [2.24, 2.45) is 0 Å². The standard InChI is InChI=1S/C25H24N2O5/c1-29-20-14-13-17(15-21(20)30-2)16-31-27-24(26)23(32-25(27)28)22(18-9-5-3-6-10-18)19-11-7-4-8-12-19/h3-15,22-23,26H,16H2,1-2H3. The highest BCUT2D eigenvalue weighted by Gasteiger charge is 2.44. The van der Waals surface area contributed by atoms with Gasteiger partial charge in [0, 0.05) is 0 Å². The zero-order chi connectivity index (χ0) is 22.5. The van der Waals surface area contributed by atoms with E-state index in [0.717, 1.165) is 21.8 Å².